The van der Waals surface area contributed by atoms with Gasteiger partial charge < -0.3 is 4.90 Å². The Bertz CT molecular complexity index is 898. The van der Waals surface area contributed by atoms with E-state index in [0.717, 1.165) is 10.9 Å². The SMILES string of the molecule is FC(F)(F)c1nnc2ccc(N3CC=C(c4cccs4)CC3)nn12. The van der Waals surface area contributed by atoms with E-state index in [1.54, 1.807) is 17.4 Å². The number of fused-ring (bicyclic) bond motifs is 1. The minimum atomic E-state index is -4.58. The van der Waals surface area contributed by atoms with Crippen molar-refractivity contribution in [1.29, 1.82) is 0 Å². The fraction of sp³-hybridized carbons (Fsp3) is 0.267. The van der Waals surface area contributed by atoms with Gasteiger partial charge in [0.05, 0.1) is 0 Å². The first-order valence-corrected chi connectivity index (χ1v) is 8.18. The Balaban J connectivity index is 1.63. The van der Waals surface area contributed by atoms with E-state index in [0.29, 0.717) is 18.9 Å². The summed E-state index contributed by atoms with van der Waals surface area (Å²) in [7, 11) is 0. The highest BCUT2D eigenvalue weighted by atomic mass is 32.1. The molecule has 0 spiro atoms. The third kappa shape index (κ3) is 2.64. The Labute approximate surface area is 139 Å². The molecule has 0 aromatic carbocycles. The fourth-order valence-electron chi connectivity index (χ4n) is 2.69. The van der Waals surface area contributed by atoms with Crippen molar-refractivity contribution in [3.63, 3.8) is 0 Å². The third-order valence-corrected chi connectivity index (χ3v) is 4.82. The Morgan fingerprint density at radius 1 is 1.12 bits per heavy atom. The van der Waals surface area contributed by atoms with Crippen molar-refractivity contribution in [2.24, 2.45) is 0 Å². The maximum Gasteiger partial charge on any atom is 0.453 e. The molecule has 124 valence electrons. The van der Waals surface area contributed by atoms with Crippen LogP contribution in [0.15, 0.2) is 35.7 Å². The number of nitrogens with zero attached hydrogens (tertiary/aromatic N) is 5. The van der Waals surface area contributed by atoms with Crippen LogP contribution < -0.4 is 4.90 Å². The average Bonchev–Trinajstić information content (AvgIpc) is 3.23. The molecule has 3 aromatic rings. The maximum atomic E-state index is 12.9. The van der Waals surface area contributed by atoms with Crippen molar-refractivity contribution in [2.75, 3.05) is 18.0 Å². The first kappa shape index (κ1) is 15.1. The molecule has 1 aliphatic rings. The number of hydrogen-bond acceptors (Lipinski definition) is 5. The maximum absolute atomic E-state index is 12.9. The molecular weight excluding hydrogens is 339 g/mol. The van der Waals surface area contributed by atoms with Crippen LogP contribution in [0.25, 0.3) is 11.2 Å². The van der Waals surface area contributed by atoms with Crippen molar-refractivity contribution in [1.82, 2.24) is 19.8 Å². The highest BCUT2D eigenvalue weighted by molar-refractivity contribution is 7.11. The van der Waals surface area contributed by atoms with Gasteiger partial charge in [0.25, 0.3) is 5.82 Å². The monoisotopic (exact) mass is 351 g/mol. The molecular formula is C15H12F3N5S. The van der Waals surface area contributed by atoms with Gasteiger partial charge in [0.15, 0.2) is 5.65 Å². The van der Waals surface area contributed by atoms with Crippen molar-refractivity contribution >= 4 is 28.4 Å². The van der Waals surface area contributed by atoms with Gasteiger partial charge >= 0.3 is 6.18 Å². The number of halogens is 3. The van der Waals surface area contributed by atoms with Gasteiger partial charge in [-0.25, -0.2) is 0 Å². The zero-order valence-corrected chi connectivity index (χ0v) is 13.2. The molecule has 0 bridgehead atoms. The van der Waals surface area contributed by atoms with Crippen molar-refractivity contribution in [3.05, 3.63) is 46.4 Å². The molecule has 4 rings (SSSR count). The summed E-state index contributed by atoms with van der Waals surface area (Å²) in [5.74, 6) is -0.625. The summed E-state index contributed by atoms with van der Waals surface area (Å²) in [5.41, 5.74) is 1.35. The first-order valence-electron chi connectivity index (χ1n) is 7.30. The van der Waals surface area contributed by atoms with Gasteiger partial charge in [0.1, 0.15) is 5.82 Å². The molecule has 0 radical (unpaired) electrons. The van der Waals surface area contributed by atoms with Crippen molar-refractivity contribution in [2.45, 2.75) is 12.6 Å². The van der Waals surface area contributed by atoms with E-state index in [4.69, 9.17) is 0 Å². The lowest BCUT2D eigenvalue weighted by Gasteiger charge is -2.27. The molecule has 9 heteroatoms. The topological polar surface area (TPSA) is 46.3 Å². The number of rotatable bonds is 2. The summed E-state index contributed by atoms with van der Waals surface area (Å²) in [6, 6.07) is 7.26. The summed E-state index contributed by atoms with van der Waals surface area (Å²) in [6.45, 7) is 1.31. The average molecular weight is 351 g/mol. The van der Waals surface area contributed by atoms with Crippen LogP contribution in [0.2, 0.25) is 0 Å². The normalized spacial score (nSPS) is 15.8. The second-order valence-electron chi connectivity index (χ2n) is 5.39. The summed E-state index contributed by atoms with van der Waals surface area (Å²) in [4.78, 5) is 3.17. The molecule has 0 aliphatic carbocycles. The summed E-state index contributed by atoms with van der Waals surface area (Å²) in [6.07, 6.45) is -1.66. The number of hydrogen-bond donors (Lipinski definition) is 0. The van der Waals surface area contributed by atoms with Crippen LogP contribution in [0.1, 0.15) is 17.1 Å². The molecule has 0 saturated heterocycles. The van der Waals surface area contributed by atoms with E-state index >= 15 is 0 Å². The molecule has 4 heterocycles. The Morgan fingerprint density at radius 2 is 2.00 bits per heavy atom. The summed E-state index contributed by atoms with van der Waals surface area (Å²) in [5, 5.41) is 12.8. The van der Waals surface area contributed by atoms with Gasteiger partial charge in [-0.1, -0.05) is 12.1 Å². The van der Waals surface area contributed by atoms with E-state index in [1.807, 2.05) is 16.3 Å². The molecule has 5 nitrogen and oxygen atoms in total. The standard InChI is InChI=1S/C15H12F3N5S/c16-15(17,18)14-20-19-12-3-4-13(21-23(12)14)22-7-5-10(6-8-22)11-2-1-9-24-11/h1-5,9H,6-8H2. The Morgan fingerprint density at radius 3 is 2.67 bits per heavy atom. The Kier molecular flexibility index (Phi) is 3.52. The number of alkyl halides is 3. The van der Waals surface area contributed by atoms with E-state index in [-0.39, 0.29) is 5.65 Å². The second-order valence-corrected chi connectivity index (χ2v) is 6.33. The number of thiophene rings is 1. The molecule has 3 aromatic heterocycles. The predicted molar refractivity (Wildman–Crippen MR) is 84.9 cm³/mol. The van der Waals surface area contributed by atoms with E-state index in [2.05, 4.69) is 27.4 Å². The van der Waals surface area contributed by atoms with Crippen LogP contribution in [0.3, 0.4) is 0 Å². The van der Waals surface area contributed by atoms with E-state index in [1.165, 1.54) is 16.5 Å². The second kappa shape index (κ2) is 5.59. The van der Waals surface area contributed by atoms with Gasteiger partial charge in [-0.05, 0) is 35.6 Å². The highest BCUT2D eigenvalue weighted by Gasteiger charge is 2.37. The van der Waals surface area contributed by atoms with Crippen LogP contribution in [-0.4, -0.2) is 32.9 Å². The molecule has 1 aliphatic heterocycles. The van der Waals surface area contributed by atoms with E-state index < -0.39 is 12.0 Å². The van der Waals surface area contributed by atoms with Crippen LogP contribution >= 0.6 is 11.3 Å². The van der Waals surface area contributed by atoms with Crippen molar-refractivity contribution < 1.29 is 13.2 Å². The van der Waals surface area contributed by atoms with Crippen molar-refractivity contribution in [3.8, 4) is 0 Å². The van der Waals surface area contributed by atoms with Gasteiger partial charge in [0, 0.05) is 18.0 Å². The predicted octanol–water partition coefficient (Wildman–Crippen LogP) is 3.50. The molecule has 0 unspecified atom stereocenters. The third-order valence-electron chi connectivity index (χ3n) is 3.87. The van der Waals surface area contributed by atoms with Crippen LogP contribution in [0.5, 0.6) is 0 Å². The molecule has 0 fully saturated rings. The highest BCUT2D eigenvalue weighted by Crippen LogP contribution is 2.30. The van der Waals surface area contributed by atoms with Gasteiger partial charge in [-0.2, -0.15) is 17.7 Å². The first-order chi connectivity index (χ1) is 11.5. The van der Waals surface area contributed by atoms with Gasteiger partial charge in [-0.3, -0.25) is 0 Å². The molecule has 0 saturated carbocycles. The van der Waals surface area contributed by atoms with Gasteiger partial charge in [-0.15, -0.1) is 26.6 Å². The number of anilines is 1. The van der Waals surface area contributed by atoms with Crippen LogP contribution in [-0.2, 0) is 6.18 Å². The van der Waals surface area contributed by atoms with Gasteiger partial charge in [0.2, 0.25) is 0 Å². The summed E-state index contributed by atoms with van der Waals surface area (Å²) >= 11 is 1.69. The van der Waals surface area contributed by atoms with E-state index in [9.17, 15) is 13.2 Å². The lowest BCUT2D eigenvalue weighted by atomic mass is 10.1. The zero-order valence-electron chi connectivity index (χ0n) is 12.4. The lowest BCUT2D eigenvalue weighted by Crippen LogP contribution is -2.29. The molecule has 0 amide bonds. The lowest BCUT2D eigenvalue weighted by molar-refractivity contribution is -0.146. The molecule has 0 N–H and O–H groups in total. The smallest absolute Gasteiger partial charge is 0.351 e. The molecule has 0 atom stereocenters. The summed E-state index contributed by atoms with van der Waals surface area (Å²) < 4.78 is 39.6. The Hall–Kier alpha value is -2.42. The minimum Gasteiger partial charge on any atom is -0.351 e. The largest absolute Gasteiger partial charge is 0.453 e. The van der Waals surface area contributed by atoms with Crippen LogP contribution in [0, 0.1) is 0 Å². The number of aromatic nitrogens is 4. The fourth-order valence-corrected chi connectivity index (χ4v) is 3.48. The zero-order chi connectivity index (χ0) is 16.7. The van der Waals surface area contributed by atoms with Crippen LogP contribution in [0.4, 0.5) is 19.0 Å². The quantitative estimate of drug-likeness (QED) is 0.709. The minimum absolute atomic E-state index is 0.0814. The molecule has 24 heavy (non-hydrogen) atoms.